The number of thiophene rings is 1. The average molecular weight is 280 g/mol. The van der Waals surface area contributed by atoms with Crippen LogP contribution in [0.25, 0.3) is 10.4 Å². The number of rotatable bonds is 0. The van der Waals surface area contributed by atoms with E-state index in [1.807, 2.05) is 17.4 Å². The number of benzene rings is 1. The number of hydrogen-bond acceptors (Lipinski definition) is 3. The van der Waals surface area contributed by atoms with Gasteiger partial charge in [0.2, 0.25) is 0 Å². The van der Waals surface area contributed by atoms with Crippen molar-refractivity contribution in [3.63, 3.8) is 0 Å². The Hall–Kier alpha value is -1.03. The van der Waals surface area contributed by atoms with Crippen molar-refractivity contribution in [3.05, 3.63) is 41.3 Å². The molecule has 1 spiro atoms. The average Bonchev–Trinajstić information content (AvgIpc) is 2.99. The minimum Gasteiger partial charge on any atom is -0.480 e. The smallest absolute Gasteiger partial charge is 0.149 e. The molecule has 2 aromatic rings. The first kappa shape index (κ1) is 12.0. The summed E-state index contributed by atoms with van der Waals surface area (Å²) in [5.74, 6) is 1.03. The SMILES string of the molecule is Cl.c1ccc2c(c1)OC1(CCNC1)c1ccsc1-2. The molecule has 2 aliphatic heterocycles. The molecule has 1 aromatic heterocycles. The summed E-state index contributed by atoms with van der Waals surface area (Å²) in [5, 5.41) is 5.60. The molecule has 4 rings (SSSR count). The van der Waals surface area contributed by atoms with E-state index in [2.05, 4.69) is 35.0 Å². The third-order valence-electron chi connectivity index (χ3n) is 3.71. The third-order valence-corrected chi connectivity index (χ3v) is 4.66. The second-order valence-electron chi connectivity index (χ2n) is 4.68. The Balaban J connectivity index is 0.000001000. The van der Waals surface area contributed by atoms with Crippen LogP contribution >= 0.6 is 23.7 Å². The largest absolute Gasteiger partial charge is 0.480 e. The summed E-state index contributed by atoms with van der Waals surface area (Å²) < 4.78 is 6.31. The normalized spacial score (nSPS) is 24.0. The number of hydrogen-bond donors (Lipinski definition) is 1. The van der Waals surface area contributed by atoms with E-state index in [1.165, 1.54) is 16.0 Å². The van der Waals surface area contributed by atoms with E-state index >= 15 is 0 Å². The van der Waals surface area contributed by atoms with Gasteiger partial charge in [0, 0.05) is 29.0 Å². The van der Waals surface area contributed by atoms with Gasteiger partial charge in [-0.2, -0.15) is 0 Å². The van der Waals surface area contributed by atoms with Crippen molar-refractivity contribution in [1.82, 2.24) is 5.32 Å². The summed E-state index contributed by atoms with van der Waals surface area (Å²) in [6.45, 7) is 1.96. The highest BCUT2D eigenvalue weighted by Crippen LogP contribution is 2.49. The standard InChI is InChI=1S/C14H13NOS.ClH/c1-2-4-12-10(3-1)13-11(5-8-17-13)14(16-12)6-7-15-9-14;/h1-5,8,15H,6-7,9H2;1H. The Kier molecular flexibility index (Phi) is 2.85. The van der Waals surface area contributed by atoms with Crippen LogP contribution in [0.4, 0.5) is 0 Å². The molecule has 0 bridgehead atoms. The van der Waals surface area contributed by atoms with Gasteiger partial charge in [0.25, 0.3) is 0 Å². The van der Waals surface area contributed by atoms with Crippen LogP contribution in [0.5, 0.6) is 5.75 Å². The van der Waals surface area contributed by atoms with Gasteiger partial charge in [-0.3, -0.25) is 0 Å². The summed E-state index contributed by atoms with van der Waals surface area (Å²) in [5.41, 5.74) is 2.49. The van der Waals surface area contributed by atoms with Crippen molar-refractivity contribution in [2.75, 3.05) is 13.1 Å². The van der Waals surface area contributed by atoms with Crippen LogP contribution < -0.4 is 10.1 Å². The Labute approximate surface area is 116 Å². The summed E-state index contributed by atoms with van der Waals surface area (Å²) in [7, 11) is 0. The van der Waals surface area contributed by atoms with Gasteiger partial charge in [-0.1, -0.05) is 12.1 Å². The maximum Gasteiger partial charge on any atom is 0.149 e. The molecule has 4 heteroatoms. The molecule has 18 heavy (non-hydrogen) atoms. The molecular formula is C14H14ClNOS. The molecule has 1 fully saturated rings. The zero-order chi connectivity index (χ0) is 11.3. The van der Waals surface area contributed by atoms with Crippen LogP contribution in [0, 0.1) is 0 Å². The minimum absolute atomic E-state index is 0. The number of ether oxygens (including phenoxy) is 1. The molecule has 1 N–H and O–H groups in total. The van der Waals surface area contributed by atoms with Crippen molar-refractivity contribution < 1.29 is 4.74 Å². The predicted molar refractivity (Wildman–Crippen MR) is 76.8 cm³/mol. The number of halogens is 1. The van der Waals surface area contributed by atoms with E-state index in [0.717, 1.165) is 25.3 Å². The Morgan fingerprint density at radius 3 is 2.94 bits per heavy atom. The Bertz CT molecular complexity index is 575. The van der Waals surface area contributed by atoms with Gasteiger partial charge < -0.3 is 10.1 Å². The zero-order valence-electron chi connectivity index (χ0n) is 9.81. The fraction of sp³-hybridized carbons (Fsp3) is 0.286. The quantitative estimate of drug-likeness (QED) is 0.798. The van der Waals surface area contributed by atoms with Crippen molar-refractivity contribution in [2.24, 2.45) is 0 Å². The molecule has 1 unspecified atom stereocenters. The molecular weight excluding hydrogens is 266 g/mol. The summed E-state index contributed by atoms with van der Waals surface area (Å²) in [4.78, 5) is 1.38. The van der Waals surface area contributed by atoms with Crippen LogP contribution in [0.1, 0.15) is 12.0 Å². The topological polar surface area (TPSA) is 21.3 Å². The fourth-order valence-corrected chi connectivity index (χ4v) is 3.89. The molecule has 1 aromatic carbocycles. The predicted octanol–water partition coefficient (Wildman–Crippen LogP) is 3.42. The van der Waals surface area contributed by atoms with Crippen LogP contribution in [0.2, 0.25) is 0 Å². The maximum absolute atomic E-state index is 6.31. The molecule has 0 amide bonds. The van der Waals surface area contributed by atoms with E-state index in [4.69, 9.17) is 4.74 Å². The molecule has 0 saturated carbocycles. The number of fused-ring (bicyclic) bond motifs is 4. The first-order valence-electron chi connectivity index (χ1n) is 5.96. The summed E-state index contributed by atoms with van der Waals surface area (Å²) in [6, 6.07) is 10.6. The van der Waals surface area contributed by atoms with Gasteiger partial charge >= 0.3 is 0 Å². The third kappa shape index (κ3) is 1.51. The zero-order valence-corrected chi connectivity index (χ0v) is 11.4. The van der Waals surface area contributed by atoms with E-state index in [1.54, 1.807) is 0 Å². The van der Waals surface area contributed by atoms with Crippen molar-refractivity contribution in [3.8, 4) is 16.2 Å². The highest BCUT2D eigenvalue weighted by Gasteiger charge is 2.43. The molecule has 0 radical (unpaired) electrons. The summed E-state index contributed by atoms with van der Waals surface area (Å²) in [6.07, 6.45) is 1.06. The van der Waals surface area contributed by atoms with Gasteiger partial charge in [-0.05, 0) is 30.1 Å². The first-order valence-corrected chi connectivity index (χ1v) is 6.84. The minimum atomic E-state index is -0.121. The lowest BCUT2D eigenvalue weighted by molar-refractivity contribution is 0.0861. The first-order chi connectivity index (χ1) is 8.39. The molecule has 94 valence electrons. The molecule has 1 saturated heterocycles. The Morgan fingerprint density at radius 1 is 1.22 bits per heavy atom. The van der Waals surface area contributed by atoms with E-state index in [-0.39, 0.29) is 18.0 Å². The van der Waals surface area contributed by atoms with E-state index in [0.29, 0.717) is 0 Å². The van der Waals surface area contributed by atoms with Crippen LogP contribution in [0.3, 0.4) is 0 Å². The van der Waals surface area contributed by atoms with Gasteiger partial charge in [0.15, 0.2) is 0 Å². The van der Waals surface area contributed by atoms with Gasteiger partial charge in [-0.15, -0.1) is 23.7 Å². The van der Waals surface area contributed by atoms with Crippen molar-refractivity contribution in [2.45, 2.75) is 12.0 Å². The van der Waals surface area contributed by atoms with Crippen molar-refractivity contribution >= 4 is 23.7 Å². The van der Waals surface area contributed by atoms with Crippen LogP contribution in [0.15, 0.2) is 35.7 Å². The number of nitrogens with one attached hydrogen (secondary N) is 1. The van der Waals surface area contributed by atoms with Gasteiger partial charge in [-0.25, -0.2) is 0 Å². The summed E-state index contributed by atoms with van der Waals surface area (Å²) >= 11 is 1.82. The molecule has 1 atom stereocenters. The van der Waals surface area contributed by atoms with Gasteiger partial charge in [0.1, 0.15) is 11.4 Å². The lowest BCUT2D eigenvalue weighted by Gasteiger charge is -2.35. The highest BCUT2D eigenvalue weighted by atomic mass is 35.5. The maximum atomic E-state index is 6.31. The lowest BCUT2D eigenvalue weighted by Crippen LogP contribution is -2.37. The molecule has 2 nitrogen and oxygen atoms in total. The number of para-hydroxylation sites is 1. The molecule has 3 heterocycles. The second-order valence-corrected chi connectivity index (χ2v) is 5.60. The molecule has 0 aliphatic carbocycles. The second kappa shape index (κ2) is 4.26. The van der Waals surface area contributed by atoms with Crippen LogP contribution in [-0.4, -0.2) is 13.1 Å². The fourth-order valence-electron chi connectivity index (χ4n) is 2.87. The van der Waals surface area contributed by atoms with E-state index in [9.17, 15) is 0 Å². The highest BCUT2D eigenvalue weighted by molar-refractivity contribution is 7.13. The Morgan fingerprint density at radius 2 is 2.11 bits per heavy atom. The monoisotopic (exact) mass is 279 g/mol. The lowest BCUT2D eigenvalue weighted by atomic mass is 9.88. The van der Waals surface area contributed by atoms with E-state index < -0.39 is 0 Å². The van der Waals surface area contributed by atoms with Crippen molar-refractivity contribution in [1.29, 1.82) is 0 Å². The molecule has 2 aliphatic rings. The van der Waals surface area contributed by atoms with Crippen LogP contribution in [-0.2, 0) is 5.60 Å². The van der Waals surface area contributed by atoms with Gasteiger partial charge in [0.05, 0.1) is 0 Å².